The van der Waals surface area contributed by atoms with Gasteiger partial charge < -0.3 is 10.6 Å². The second-order valence-electron chi connectivity index (χ2n) is 5.88. The van der Waals surface area contributed by atoms with Gasteiger partial charge in [-0.25, -0.2) is 9.18 Å². The van der Waals surface area contributed by atoms with E-state index < -0.39 is 23.6 Å². The largest absolute Gasteiger partial charge is 0.419 e. The number of hydrogen-bond donors (Lipinski definition) is 2. The van der Waals surface area contributed by atoms with E-state index in [-0.39, 0.29) is 12.2 Å². The average Bonchev–Trinajstić information content (AvgIpc) is 2.62. The molecule has 1 aromatic heterocycles. The maximum absolute atomic E-state index is 13.3. The Balaban J connectivity index is 1.56. The number of carbonyl (C=O) groups is 1. The van der Waals surface area contributed by atoms with E-state index in [1.165, 1.54) is 0 Å². The van der Waals surface area contributed by atoms with Crippen LogP contribution in [0.5, 0.6) is 0 Å². The molecule has 1 heterocycles. The molecule has 8 heteroatoms. The molecule has 0 spiro atoms. The van der Waals surface area contributed by atoms with Crippen LogP contribution in [0.1, 0.15) is 11.1 Å². The van der Waals surface area contributed by atoms with Gasteiger partial charge in [0.15, 0.2) is 0 Å². The molecule has 0 radical (unpaired) electrons. The minimum absolute atomic E-state index is 0.141. The highest BCUT2D eigenvalue weighted by atomic mass is 19.4. The molecule has 27 heavy (non-hydrogen) atoms. The first-order valence-corrected chi connectivity index (χ1v) is 8.07. The van der Waals surface area contributed by atoms with Crippen LogP contribution in [-0.2, 0) is 12.6 Å². The summed E-state index contributed by atoms with van der Waals surface area (Å²) in [6.45, 7) is 0.283. The smallest absolute Gasteiger partial charge is 0.338 e. The lowest BCUT2D eigenvalue weighted by Crippen LogP contribution is -2.30. The van der Waals surface area contributed by atoms with E-state index in [1.807, 2.05) is 24.3 Å². The van der Waals surface area contributed by atoms with Gasteiger partial charge >= 0.3 is 12.2 Å². The molecule has 2 aromatic carbocycles. The Morgan fingerprint density at radius 3 is 2.63 bits per heavy atom. The molecule has 0 aliphatic carbocycles. The standard InChI is InChI=1S/C19H15F4N3O/c20-17-4-3-15(10-16(17)19(21,22)23)26-18(27)25-8-5-12-1-2-13-6-7-24-11-14(13)9-12/h1-4,6-7,9-11H,5,8H2,(H2,25,26,27). The summed E-state index contributed by atoms with van der Waals surface area (Å²) in [6.07, 6.45) is -0.849. The number of amides is 2. The van der Waals surface area contributed by atoms with Gasteiger partial charge in [-0.2, -0.15) is 13.2 Å². The van der Waals surface area contributed by atoms with Gasteiger partial charge in [-0.3, -0.25) is 4.98 Å². The minimum Gasteiger partial charge on any atom is -0.338 e. The number of urea groups is 1. The quantitative estimate of drug-likeness (QED) is 0.645. The molecule has 0 bridgehead atoms. The number of rotatable bonds is 4. The summed E-state index contributed by atoms with van der Waals surface area (Å²) in [5.41, 5.74) is -0.583. The van der Waals surface area contributed by atoms with Crippen molar-refractivity contribution in [1.82, 2.24) is 10.3 Å². The predicted octanol–water partition coefficient (Wildman–Crippen LogP) is 4.76. The van der Waals surface area contributed by atoms with E-state index in [0.717, 1.165) is 22.4 Å². The normalized spacial score (nSPS) is 11.4. The third kappa shape index (κ3) is 4.72. The van der Waals surface area contributed by atoms with Gasteiger partial charge in [0, 0.05) is 30.0 Å². The van der Waals surface area contributed by atoms with Crippen LogP contribution >= 0.6 is 0 Å². The predicted molar refractivity (Wildman–Crippen MR) is 93.9 cm³/mol. The molecule has 4 nitrogen and oxygen atoms in total. The van der Waals surface area contributed by atoms with Gasteiger partial charge in [-0.1, -0.05) is 12.1 Å². The summed E-state index contributed by atoms with van der Waals surface area (Å²) >= 11 is 0. The maximum atomic E-state index is 13.3. The maximum Gasteiger partial charge on any atom is 0.419 e. The van der Waals surface area contributed by atoms with Crippen molar-refractivity contribution in [2.24, 2.45) is 0 Å². The second kappa shape index (κ2) is 7.61. The minimum atomic E-state index is -4.83. The molecular weight excluding hydrogens is 362 g/mol. The third-order valence-electron chi connectivity index (χ3n) is 3.93. The number of anilines is 1. The Morgan fingerprint density at radius 1 is 1.04 bits per heavy atom. The van der Waals surface area contributed by atoms with Crippen molar-refractivity contribution < 1.29 is 22.4 Å². The van der Waals surface area contributed by atoms with Crippen molar-refractivity contribution >= 4 is 22.5 Å². The first kappa shape index (κ1) is 18.6. The zero-order chi connectivity index (χ0) is 19.4. The number of alkyl halides is 3. The van der Waals surface area contributed by atoms with Gasteiger partial charge in [0.05, 0.1) is 5.56 Å². The Hall–Kier alpha value is -3.16. The molecule has 0 saturated heterocycles. The van der Waals surface area contributed by atoms with Crippen LogP contribution < -0.4 is 10.6 Å². The van der Waals surface area contributed by atoms with E-state index in [2.05, 4.69) is 15.6 Å². The lowest BCUT2D eigenvalue weighted by Gasteiger charge is -2.12. The van der Waals surface area contributed by atoms with Crippen LogP contribution in [0.4, 0.5) is 28.0 Å². The monoisotopic (exact) mass is 377 g/mol. The summed E-state index contributed by atoms with van der Waals surface area (Å²) in [7, 11) is 0. The van der Waals surface area contributed by atoms with Gasteiger partial charge in [0.2, 0.25) is 0 Å². The molecular formula is C19H15F4N3O. The highest BCUT2D eigenvalue weighted by Crippen LogP contribution is 2.32. The number of pyridine rings is 1. The molecule has 0 unspecified atom stereocenters. The summed E-state index contributed by atoms with van der Waals surface area (Å²) in [6, 6.07) is 9.35. The van der Waals surface area contributed by atoms with Crippen molar-refractivity contribution in [3.63, 3.8) is 0 Å². The SMILES string of the molecule is O=C(NCCc1ccc2ccncc2c1)Nc1ccc(F)c(C(F)(F)F)c1. The molecule has 3 rings (SSSR count). The van der Waals surface area contributed by atoms with Crippen LogP contribution in [0, 0.1) is 5.82 Å². The molecule has 3 aromatic rings. The Kier molecular flexibility index (Phi) is 5.25. The first-order chi connectivity index (χ1) is 12.8. The van der Waals surface area contributed by atoms with Gasteiger partial charge in [-0.05, 0) is 47.7 Å². The number of nitrogens with zero attached hydrogens (tertiary/aromatic N) is 1. The first-order valence-electron chi connectivity index (χ1n) is 8.07. The fraction of sp³-hybridized carbons (Fsp3) is 0.158. The summed E-state index contributed by atoms with van der Waals surface area (Å²) < 4.78 is 51.3. The topological polar surface area (TPSA) is 54.0 Å². The van der Waals surface area contributed by atoms with Crippen LogP contribution in [0.15, 0.2) is 54.9 Å². The Bertz CT molecular complexity index is 973. The molecule has 0 atom stereocenters. The molecule has 2 N–H and O–H groups in total. The Labute approximate surface area is 152 Å². The van der Waals surface area contributed by atoms with Crippen molar-refractivity contribution in [3.8, 4) is 0 Å². The Morgan fingerprint density at radius 2 is 1.85 bits per heavy atom. The molecule has 2 amide bonds. The molecule has 0 aliphatic heterocycles. The number of carbonyl (C=O) groups excluding carboxylic acids is 1. The van der Waals surface area contributed by atoms with Crippen molar-refractivity contribution in [3.05, 3.63) is 71.8 Å². The lowest BCUT2D eigenvalue weighted by molar-refractivity contribution is -0.139. The average molecular weight is 377 g/mol. The van der Waals surface area contributed by atoms with E-state index in [9.17, 15) is 22.4 Å². The molecule has 0 fully saturated rings. The van der Waals surface area contributed by atoms with Crippen LogP contribution in [0.2, 0.25) is 0 Å². The van der Waals surface area contributed by atoms with E-state index in [1.54, 1.807) is 12.4 Å². The number of halogens is 4. The molecule has 0 aliphatic rings. The van der Waals surface area contributed by atoms with Crippen LogP contribution in [0.3, 0.4) is 0 Å². The van der Waals surface area contributed by atoms with E-state index >= 15 is 0 Å². The van der Waals surface area contributed by atoms with Crippen LogP contribution in [0.25, 0.3) is 10.8 Å². The number of nitrogens with one attached hydrogen (secondary N) is 2. The zero-order valence-corrected chi connectivity index (χ0v) is 14.0. The fourth-order valence-electron chi connectivity index (χ4n) is 2.61. The number of benzene rings is 2. The number of fused-ring (bicyclic) bond motifs is 1. The number of aromatic nitrogens is 1. The third-order valence-corrected chi connectivity index (χ3v) is 3.93. The lowest BCUT2D eigenvalue weighted by atomic mass is 10.1. The van der Waals surface area contributed by atoms with Crippen molar-refractivity contribution in [2.45, 2.75) is 12.6 Å². The van der Waals surface area contributed by atoms with E-state index in [0.29, 0.717) is 18.6 Å². The van der Waals surface area contributed by atoms with E-state index in [4.69, 9.17) is 0 Å². The highest BCUT2D eigenvalue weighted by molar-refractivity contribution is 5.89. The van der Waals surface area contributed by atoms with Gasteiger partial charge in [0.25, 0.3) is 0 Å². The zero-order valence-electron chi connectivity index (χ0n) is 14.0. The second-order valence-corrected chi connectivity index (χ2v) is 5.88. The van der Waals surface area contributed by atoms with Crippen LogP contribution in [-0.4, -0.2) is 17.6 Å². The van der Waals surface area contributed by atoms with Crippen molar-refractivity contribution in [2.75, 3.05) is 11.9 Å². The van der Waals surface area contributed by atoms with Gasteiger partial charge in [-0.15, -0.1) is 0 Å². The summed E-state index contributed by atoms with van der Waals surface area (Å²) in [5, 5.41) is 6.86. The molecule has 0 saturated carbocycles. The van der Waals surface area contributed by atoms with Gasteiger partial charge in [0.1, 0.15) is 5.82 Å². The fourth-order valence-corrected chi connectivity index (χ4v) is 2.61. The number of hydrogen-bond acceptors (Lipinski definition) is 2. The molecule has 140 valence electrons. The summed E-state index contributed by atoms with van der Waals surface area (Å²) in [4.78, 5) is 15.9. The highest BCUT2D eigenvalue weighted by Gasteiger charge is 2.34. The van der Waals surface area contributed by atoms with Crippen molar-refractivity contribution in [1.29, 1.82) is 0 Å². The summed E-state index contributed by atoms with van der Waals surface area (Å²) in [5.74, 6) is -1.39.